The van der Waals surface area contributed by atoms with Gasteiger partial charge in [-0.3, -0.25) is 4.79 Å². The fourth-order valence-electron chi connectivity index (χ4n) is 4.93. The van der Waals surface area contributed by atoms with Gasteiger partial charge in [0, 0.05) is 27.4 Å². The topological polar surface area (TPSA) is 117 Å². The van der Waals surface area contributed by atoms with Crippen molar-refractivity contribution < 1.29 is 14.3 Å². The normalized spacial score (nSPS) is 11.4. The quantitative estimate of drug-likeness (QED) is 0.246. The van der Waals surface area contributed by atoms with Crippen molar-refractivity contribution in [3.8, 4) is 11.1 Å². The van der Waals surface area contributed by atoms with Gasteiger partial charge in [0.05, 0.1) is 17.7 Å². The lowest BCUT2D eigenvalue weighted by atomic mass is 9.93. The fraction of sp³-hybridized carbons (Fsp3) is 0.0690. The van der Waals surface area contributed by atoms with Crippen LogP contribution >= 0.6 is 0 Å². The molecule has 0 spiro atoms. The number of fused-ring (bicyclic) bond motifs is 4. The molecule has 6 rings (SSSR count). The Labute approximate surface area is 210 Å². The molecule has 4 aromatic carbocycles. The first kappa shape index (κ1) is 22.6. The number of aliphatic hydroxyl groups excluding tert-OH is 1. The third-order valence-electron chi connectivity index (χ3n) is 6.76. The molecular weight excluding hydrogens is 469 g/mol. The highest BCUT2D eigenvalue weighted by Gasteiger charge is 2.19. The number of halogens is 1. The number of para-hydroxylation sites is 1. The summed E-state index contributed by atoms with van der Waals surface area (Å²) in [5.74, 6) is -0.433. The molecule has 2 aromatic heterocycles. The van der Waals surface area contributed by atoms with Crippen molar-refractivity contribution in [2.75, 3.05) is 5.32 Å². The Morgan fingerprint density at radius 2 is 1.86 bits per heavy atom. The second kappa shape index (κ2) is 8.69. The van der Waals surface area contributed by atoms with Gasteiger partial charge in [-0.15, -0.1) is 0 Å². The van der Waals surface area contributed by atoms with Crippen LogP contribution in [0.4, 0.5) is 15.9 Å². The van der Waals surface area contributed by atoms with Gasteiger partial charge in [0.1, 0.15) is 23.5 Å². The summed E-state index contributed by atoms with van der Waals surface area (Å²) in [5.41, 5.74) is 12.2. The molecule has 0 aliphatic rings. The van der Waals surface area contributed by atoms with Gasteiger partial charge in [-0.2, -0.15) is 0 Å². The molecule has 0 bridgehead atoms. The molecule has 8 heteroatoms. The van der Waals surface area contributed by atoms with Gasteiger partial charge in [0.15, 0.2) is 0 Å². The van der Waals surface area contributed by atoms with Crippen LogP contribution in [0.5, 0.6) is 0 Å². The Kier molecular flexibility index (Phi) is 5.31. The number of aromatic amines is 1. The Morgan fingerprint density at radius 1 is 1.03 bits per heavy atom. The number of anilines is 2. The maximum Gasteiger partial charge on any atom is 0.250 e. The molecule has 0 saturated heterocycles. The number of carbonyl (C=O) groups excluding carboxylic acids is 1. The van der Waals surface area contributed by atoms with Crippen LogP contribution in [0.25, 0.3) is 43.8 Å². The molecule has 0 saturated carbocycles. The largest absolute Gasteiger partial charge is 0.392 e. The maximum absolute atomic E-state index is 14.3. The molecule has 37 heavy (non-hydrogen) atoms. The third kappa shape index (κ3) is 3.66. The highest BCUT2D eigenvalue weighted by Crippen LogP contribution is 2.40. The number of aliphatic hydroxyl groups is 1. The lowest BCUT2D eigenvalue weighted by Gasteiger charge is -2.15. The molecule has 0 atom stereocenters. The zero-order valence-electron chi connectivity index (χ0n) is 19.8. The predicted molar refractivity (Wildman–Crippen MR) is 143 cm³/mol. The van der Waals surface area contributed by atoms with Crippen LogP contribution in [-0.4, -0.2) is 26.0 Å². The Bertz CT molecular complexity index is 1860. The number of H-pyrrole nitrogens is 1. The molecule has 182 valence electrons. The number of aromatic nitrogens is 3. The van der Waals surface area contributed by atoms with E-state index in [0.29, 0.717) is 22.3 Å². The summed E-state index contributed by atoms with van der Waals surface area (Å²) in [5, 5.41) is 15.3. The van der Waals surface area contributed by atoms with Gasteiger partial charge < -0.3 is 21.1 Å². The summed E-state index contributed by atoms with van der Waals surface area (Å²) in [6, 6.07) is 19.9. The van der Waals surface area contributed by atoms with Gasteiger partial charge in [-0.25, -0.2) is 14.4 Å². The number of amides is 1. The number of hydrogen-bond donors (Lipinski definition) is 4. The highest BCUT2D eigenvalue weighted by atomic mass is 19.1. The highest BCUT2D eigenvalue weighted by molar-refractivity contribution is 6.20. The van der Waals surface area contributed by atoms with Crippen LogP contribution in [-0.2, 0) is 6.61 Å². The van der Waals surface area contributed by atoms with Crippen LogP contribution in [0.1, 0.15) is 21.5 Å². The van der Waals surface area contributed by atoms with E-state index in [1.165, 1.54) is 12.4 Å². The minimum Gasteiger partial charge on any atom is -0.392 e. The minimum atomic E-state index is -0.527. The van der Waals surface area contributed by atoms with E-state index in [4.69, 9.17) is 5.73 Å². The minimum absolute atomic E-state index is 0.0880. The van der Waals surface area contributed by atoms with E-state index in [9.17, 15) is 14.3 Å². The van der Waals surface area contributed by atoms with Crippen LogP contribution in [0.3, 0.4) is 0 Å². The summed E-state index contributed by atoms with van der Waals surface area (Å²) in [6.45, 7) is 1.91. The van der Waals surface area contributed by atoms with Gasteiger partial charge in [0.2, 0.25) is 0 Å². The van der Waals surface area contributed by atoms with Crippen molar-refractivity contribution in [3.63, 3.8) is 0 Å². The molecule has 0 aliphatic heterocycles. The number of primary amides is 1. The molecule has 6 aromatic rings. The predicted octanol–water partition coefficient (Wildman–Crippen LogP) is 5.71. The van der Waals surface area contributed by atoms with Gasteiger partial charge in [0.25, 0.3) is 5.91 Å². The molecule has 2 heterocycles. The zero-order chi connectivity index (χ0) is 25.7. The molecule has 0 fully saturated rings. The molecule has 1 amide bonds. The number of nitrogens with zero attached hydrogens (tertiary/aromatic N) is 2. The molecule has 5 N–H and O–H groups in total. The van der Waals surface area contributed by atoms with Crippen molar-refractivity contribution in [1.82, 2.24) is 15.0 Å². The second-order valence-corrected chi connectivity index (χ2v) is 8.90. The molecule has 0 unspecified atom stereocenters. The fourth-order valence-corrected chi connectivity index (χ4v) is 4.93. The lowest BCUT2D eigenvalue weighted by molar-refractivity contribution is 0.100. The van der Waals surface area contributed by atoms with Crippen molar-refractivity contribution in [1.29, 1.82) is 0 Å². The van der Waals surface area contributed by atoms with Crippen LogP contribution < -0.4 is 11.1 Å². The average Bonchev–Trinajstić information content (AvgIpc) is 3.28. The first-order valence-electron chi connectivity index (χ1n) is 11.7. The van der Waals surface area contributed by atoms with E-state index in [2.05, 4.69) is 20.3 Å². The van der Waals surface area contributed by atoms with Gasteiger partial charge >= 0.3 is 0 Å². The summed E-state index contributed by atoms with van der Waals surface area (Å²) >= 11 is 0. The average molecular weight is 492 g/mol. The SMILES string of the molecule is Cc1c(Nc2ncnc3c(F)cccc23)cccc1-c1ccc(C(N)=O)c2[nH]c3cc(CO)ccc3c12. The standard InChI is InChI=1S/C29H22FN5O2/c1-15-17(4-3-7-23(15)35-29-21-5-2-6-22(30)26(21)32-14-33-29)18-10-11-20(28(31)37)27-25(18)19-9-8-16(13-36)12-24(19)34-27/h2-12,14,34,36H,13H2,1H3,(H2,31,37)(H,32,33,35). The van der Waals surface area contributed by atoms with Gasteiger partial charge in [-0.05, 0) is 59.5 Å². The van der Waals surface area contributed by atoms with E-state index < -0.39 is 11.7 Å². The summed E-state index contributed by atoms with van der Waals surface area (Å²) in [4.78, 5) is 24.0. The Hall–Kier alpha value is -4.82. The van der Waals surface area contributed by atoms with Crippen LogP contribution in [0, 0.1) is 12.7 Å². The third-order valence-corrected chi connectivity index (χ3v) is 6.76. The number of rotatable bonds is 5. The molecule has 7 nitrogen and oxygen atoms in total. The Balaban J connectivity index is 1.55. The van der Waals surface area contributed by atoms with E-state index in [0.717, 1.165) is 44.2 Å². The van der Waals surface area contributed by atoms with Crippen molar-refractivity contribution in [2.24, 2.45) is 5.73 Å². The van der Waals surface area contributed by atoms with Crippen molar-refractivity contribution in [3.05, 3.63) is 95.6 Å². The van der Waals surface area contributed by atoms with Gasteiger partial charge in [-0.1, -0.05) is 36.4 Å². The zero-order valence-corrected chi connectivity index (χ0v) is 19.8. The first-order valence-corrected chi connectivity index (χ1v) is 11.7. The maximum atomic E-state index is 14.3. The second-order valence-electron chi connectivity index (χ2n) is 8.90. The molecular formula is C29H22FN5O2. The van der Waals surface area contributed by atoms with Crippen LogP contribution in [0.15, 0.2) is 73.1 Å². The smallest absolute Gasteiger partial charge is 0.250 e. The lowest BCUT2D eigenvalue weighted by Crippen LogP contribution is -2.11. The number of benzene rings is 4. The number of nitrogens with one attached hydrogen (secondary N) is 2. The van der Waals surface area contributed by atoms with E-state index in [-0.39, 0.29) is 12.1 Å². The van der Waals surface area contributed by atoms with E-state index >= 15 is 0 Å². The summed E-state index contributed by atoms with van der Waals surface area (Å²) < 4.78 is 14.3. The molecule has 0 aliphatic carbocycles. The van der Waals surface area contributed by atoms with Crippen LogP contribution in [0.2, 0.25) is 0 Å². The first-order chi connectivity index (χ1) is 18.0. The number of hydrogen-bond acceptors (Lipinski definition) is 5. The number of nitrogens with two attached hydrogens (primary N) is 1. The Morgan fingerprint density at radius 3 is 2.68 bits per heavy atom. The monoisotopic (exact) mass is 491 g/mol. The van der Waals surface area contributed by atoms with E-state index in [1.807, 2.05) is 49.4 Å². The van der Waals surface area contributed by atoms with Crippen molar-refractivity contribution >= 4 is 50.1 Å². The summed E-state index contributed by atoms with van der Waals surface area (Å²) in [7, 11) is 0. The summed E-state index contributed by atoms with van der Waals surface area (Å²) in [6.07, 6.45) is 1.34. The molecule has 0 radical (unpaired) electrons. The number of carbonyl (C=O) groups is 1. The van der Waals surface area contributed by atoms with E-state index in [1.54, 1.807) is 18.2 Å². The van der Waals surface area contributed by atoms with Crippen molar-refractivity contribution in [2.45, 2.75) is 13.5 Å².